The van der Waals surface area contributed by atoms with Gasteiger partial charge in [0.2, 0.25) is 5.91 Å². The molecule has 3 rings (SSSR count). The maximum Gasteiger partial charge on any atom is 0.224 e. The van der Waals surface area contributed by atoms with E-state index >= 15 is 0 Å². The van der Waals surface area contributed by atoms with Crippen molar-refractivity contribution in [2.75, 3.05) is 24.5 Å². The van der Waals surface area contributed by atoms with Crippen LogP contribution in [-0.4, -0.2) is 30.5 Å². The summed E-state index contributed by atoms with van der Waals surface area (Å²) in [5.41, 5.74) is 0.651. The molecule has 116 valence electrons. The van der Waals surface area contributed by atoms with E-state index in [-0.39, 0.29) is 17.6 Å². The van der Waals surface area contributed by atoms with Crippen molar-refractivity contribution >= 4 is 22.6 Å². The van der Waals surface area contributed by atoms with Gasteiger partial charge in [-0.25, -0.2) is 9.37 Å². The minimum Gasteiger partial charge on any atom is -0.356 e. The standard InChI is InChI=1S/C17H20FN3O/c1-2-19-17(22)13-4-3-9-21(11-13)16-8-6-12-5-7-14(18)10-15(12)20-16/h5-8,10,13H,2-4,9,11H2,1H3,(H,19,22)/t13-/m1/s1. The highest BCUT2D eigenvalue weighted by molar-refractivity contribution is 5.81. The topological polar surface area (TPSA) is 45.2 Å². The summed E-state index contributed by atoms with van der Waals surface area (Å²) in [4.78, 5) is 18.7. The Morgan fingerprint density at radius 3 is 3.05 bits per heavy atom. The number of aromatic nitrogens is 1. The van der Waals surface area contributed by atoms with Gasteiger partial charge in [0.25, 0.3) is 0 Å². The molecule has 2 heterocycles. The van der Waals surface area contributed by atoms with Gasteiger partial charge in [-0.05, 0) is 44.0 Å². The average molecular weight is 301 g/mol. The second-order valence-electron chi connectivity index (χ2n) is 5.69. The number of nitrogens with zero attached hydrogens (tertiary/aromatic N) is 2. The lowest BCUT2D eigenvalue weighted by Gasteiger charge is -2.33. The Morgan fingerprint density at radius 2 is 2.23 bits per heavy atom. The van der Waals surface area contributed by atoms with E-state index in [4.69, 9.17) is 0 Å². The zero-order valence-corrected chi connectivity index (χ0v) is 12.7. The van der Waals surface area contributed by atoms with Crippen molar-refractivity contribution in [1.29, 1.82) is 0 Å². The van der Waals surface area contributed by atoms with E-state index in [1.54, 1.807) is 6.07 Å². The maximum atomic E-state index is 13.4. The fraction of sp³-hybridized carbons (Fsp3) is 0.412. The molecule has 2 aromatic rings. The molecule has 1 atom stereocenters. The molecular formula is C17H20FN3O. The van der Waals surface area contributed by atoms with Crippen molar-refractivity contribution in [3.63, 3.8) is 0 Å². The molecule has 22 heavy (non-hydrogen) atoms. The predicted molar refractivity (Wildman–Crippen MR) is 85.3 cm³/mol. The molecule has 0 aliphatic carbocycles. The van der Waals surface area contributed by atoms with Crippen LogP contribution in [0.3, 0.4) is 0 Å². The summed E-state index contributed by atoms with van der Waals surface area (Å²) in [5.74, 6) is 0.640. The number of benzene rings is 1. The summed E-state index contributed by atoms with van der Waals surface area (Å²) in [7, 11) is 0. The molecular weight excluding hydrogens is 281 g/mol. The summed E-state index contributed by atoms with van der Waals surface area (Å²) in [6, 6.07) is 8.52. The first kappa shape index (κ1) is 14.8. The van der Waals surface area contributed by atoms with E-state index in [9.17, 15) is 9.18 Å². The average Bonchev–Trinajstić information content (AvgIpc) is 2.54. The lowest BCUT2D eigenvalue weighted by Crippen LogP contribution is -2.43. The molecule has 4 nitrogen and oxygen atoms in total. The zero-order chi connectivity index (χ0) is 15.5. The lowest BCUT2D eigenvalue weighted by molar-refractivity contribution is -0.125. The Morgan fingerprint density at radius 1 is 1.41 bits per heavy atom. The SMILES string of the molecule is CCNC(=O)[C@@H]1CCCN(c2ccc3ccc(F)cc3n2)C1. The van der Waals surface area contributed by atoms with Crippen molar-refractivity contribution in [1.82, 2.24) is 10.3 Å². The second kappa shape index (κ2) is 6.30. The van der Waals surface area contributed by atoms with Gasteiger partial charge in [0.15, 0.2) is 0 Å². The van der Waals surface area contributed by atoms with Gasteiger partial charge in [-0.1, -0.05) is 0 Å². The molecule has 0 spiro atoms. The third-order valence-electron chi connectivity index (χ3n) is 4.11. The van der Waals surface area contributed by atoms with Crippen LogP contribution >= 0.6 is 0 Å². The summed E-state index contributed by atoms with van der Waals surface area (Å²) in [6.45, 7) is 4.13. The minimum absolute atomic E-state index is 0.00120. The van der Waals surface area contributed by atoms with Gasteiger partial charge in [-0.15, -0.1) is 0 Å². The number of fused-ring (bicyclic) bond motifs is 1. The van der Waals surface area contributed by atoms with Crippen LogP contribution in [0, 0.1) is 11.7 Å². The number of nitrogens with one attached hydrogen (secondary N) is 1. The normalized spacial score (nSPS) is 18.5. The van der Waals surface area contributed by atoms with E-state index < -0.39 is 0 Å². The molecule has 1 amide bonds. The maximum absolute atomic E-state index is 13.4. The molecule has 0 saturated carbocycles. The van der Waals surface area contributed by atoms with E-state index in [0.717, 1.165) is 30.6 Å². The smallest absolute Gasteiger partial charge is 0.224 e. The van der Waals surface area contributed by atoms with Crippen LogP contribution in [0.1, 0.15) is 19.8 Å². The number of rotatable bonds is 3. The zero-order valence-electron chi connectivity index (χ0n) is 12.7. The highest BCUT2D eigenvalue weighted by Crippen LogP contribution is 2.24. The number of carbonyl (C=O) groups is 1. The molecule has 1 fully saturated rings. The number of hydrogen-bond acceptors (Lipinski definition) is 3. The molecule has 0 bridgehead atoms. The predicted octanol–water partition coefficient (Wildman–Crippen LogP) is 2.73. The van der Waals surface area contributed by atoms with Crippen molar-refractivity contribution in [3.05, 3.63) is 36.1 Å². The van der Waals surface area contributed by atoms with Crippen LogP contribution in [0.25, 0.3) is 10.9 Å². The number of carbonyl (C=O) groups excluding carboxylic acids is 1. The molecule has 0 radical (unpaired) electrons. The first-order valence-electron chi connectivity index (χ1n) is 7.76. The lowest BCUT2D eigenvalue weighted by atomic mass is 9.97. The minimum atomic E-state index is -0.281. The van der Waals surface area contributed by atoms with Crippen molar-refractivity contribution in [2.24, 2.45) is 5.92 Å². The van der Waals surface area contributed by atoms with Crippen molar-refractivity contribution < 1.29 is 9.18 Å². The van der Waals surface area contributed by atoms with Gasteiger partial charge < -0.3 is 10.2 Å². The van der Waals surface area contributed by atoms with Crippen molar-refractivity contribution in [2.45, 2.75) is 19.8 Å². The molecule has 5 heteroatoms. The number of amides is 1. The van der Waals surface area contributed by atoms with E-state index in [1.165, 1.54) is 12.1 Å². The quantitative estimate of drug-likeness (QED) is 0.948. The first-order chi connectivity index (χ1) is 10.7. The highest BCUT2D eigenvalue weighted by atomic mass is 19.1. The van der Waals surface area contributed by atoms with Gasteiger partial charge in [0.1, 0.15) is 11.6 Å². The highest BCUT2D eigenvalue weighted by Gasteiger charge is 2.26. The van der Waals surface area contributed by atoms with Gasteiger partial charge in [0, 0.05) is 31.1 Å². The summed E-state index contributed by atoms with van der Waals surface area (Å²) in [6.07, 6.45) is 1.87. The Bertz CT molecular complexity index is 689. The Balaban J connectivity index is 1.82. The summed E-state index contributed by atoms with van der Waals surface area (Å²) < 4.78 is 13.4. The molecule has 1 saturated heterocycles. The van der Waals surface area contributed by atoms with Crippen LogP contribution in [-0.2, 0) is 4.79 Å². The van der Waals surface area contributed by atoms with E-state index in [2.05, 4.69) is 15.2 Å². The molecule has 1 aliphatic rings. The number of anilines is 1. The number of piperidine rings is 1. The fourth-order valence-corrected chi connectivity index (χ4v) is 2.97. The van der Waals surface area contributed by atoms with Crippen LogP contribution in [0.2, 0.25) is 0 Å². The van der Waals surface area contributed by atoms with Gasteiger partial charge >= 0.3 is 0 Å². The van der Waals surface area contributed by atoms with Crippen molar-refractivity contribution in [3.8, 4) is 0 Å². The Hall–Kier alpha value is -2.17. The van der Waals surface area contributed by atoms with Crippen LogP contribution < -0.4 is 10.2 Å². The van der Waals surface area contributed by atoms with Gasteiger partial charge in [-0.3, -0.25) is 4.79 Å². The van der Waals surface area contributed by atoms with Crippen LogP contribution in [0.5, 0.6) is 0 Å². The number of halogens is 1. The van der Waals surface area contributed by atoms with Crippen LogP contribution in [0.4, 0.5) is 10.2 Å². The molecule has 1 aliphatic heterocycles. The number of pyridine rings is 1. The third kappa shape index (κ3) is 3.03. The molecule has 1 aromatic heterocycles. The monoisotopic (exact) mass is 301 g/mol. The summed E-state index contributed by atoms with van der Waals surface area (Å²) in [5, 5.41) is 3.81. The second-order valence-corrected chi connectivity index (χ2v) is 5.69. The fourth-order valence-electron chi connectivity index (χ4n) is 2.97. The van der Waals surface area contributed by atoms with E-state index in [0.29, 0.717) is 18.6 Å². The number of hydrogen-bond donors (Lipinski definition) is 1. The largest absolute Gasteiger partial charge is 0.356 e. The first-order valence-corrected chi connectivity index (χ1v) is 7.76. The summed E-state index contributed by atoms with van der Waals surface area (Å²) >= 11 is 0. The third-order valence-corrected chi connectivity index (χ3v) is 4.11. The van der Waals surface area contributed by atoms with Crippen LogP contribution in [0.15, 0.2) is 30.3 Å². The molecule has 1 N–H and O–H groups in total. The Kier molecular flexibility index (Phi) is 4.22. The molecule has 0 unspecified atom stereocenters. The van der Waals surface area contributed by atoms with Gasteiger partial charge in [0.05, 0.1) is 11.4 Å². The molecule has 1 aromatic carbocycles. The Labute approximate surface area is 129 Å². The van der Waals surface area contributed by atoms with Gasteiger partial charge in [-0.2, -0.15) is 0 Å². The van der Waals surface area contributed by atoms with E-state index in [1.807, 2.05) is 19.1 Å².